The normalized spacial score (nSPS) is 13.6. The fourth-order valence-electron chi connectivity index (χ4n) is 1.48. The maximum Gasteiger partial charge on any atom is 0.416 e. The predicted molar refractivity (Wildman–Crippen MR) is 66.7 cm³/mol. The lowest BCUT2D eigenvalue weighted by molar-refractivity contribution is -0.137. The van der Waals surface area contributed by atoms with Crippen molar-refractivity contribution in [1.29, 1.82) is 0 Å². The molecule has 2 aromatic rings. The van der Waals surface area contributed by atoms with Crippen LogP contribution in [0.15, 0.2) is 28.9 Å². The van der Waals surface area contributed by atoms with Gasteiger partial charge in [-0.25, -0.2) is 4.68 Å². The van der Waals surface area contributed by atoms with Gasteiger partial charge in [0, 0.05) is 10.5 Å². The SMILES string of the molecule is CC(N)c1cn(-c2cc(Br)cc(C(F)(F)F)c2)nn1. The van der Waals surface area contributed by atoms with Crippen molar-refractivity contribution in [3.05, 3.63) is 40.1 Å². The van der Waals surface area contributed by atoms with E-state index in [1.807, 2.05) is 0 Å². The summed E-state index contributed by atoms with van der Waals surface area (Å²) in [6, 6.07) is 3.20. The van der Waals surface area contributed by atoms with E-state index < -0.39 is 11.7 Å². The van der Waals surface area contributed by atoms with Gasteiger partial charge < -0.3 is 5.73 Å². The minimum atomic E-state index is -4.41. The lowest BCUT2D eigenvalue weighted by atomic mass is 10.2. The topological polar surface area (TPSA) is 56.7 Å². The Bertz CT molecular complexity index is 592. The molecule has 8 heteroatoms. The minimum Gasteiger partial charge on any atom is -0.323 e. The highest BCUT2D eigenvalue weighted by molar-refractivity contribution is 9.10. The van der Waals surface area contributed by atoms with Gasteiger partial charge in [0.05, 0.1) is 23.1 Å². The first-order valence-corrected chi connectivity index (χ1v) is 6.12. The average molecular weight is 335 g/mol. The quantitative estimate of drug-likeness (QED) is 0.918. The molecule has 0 aliphatic carbocycles. The molecule has 0 spiro atoms. The summed E-state index contributed by atoms with van der Waals surface area (Å²) in [6.45, 7) is 1.72. The van der Waals surface area contributed by atoms with Gasteiger partial charge in [0.15, 0.2) is 0 Å². The molecule has 1 unspecified atom stereocenters. The molecular weight excluding hydrogens is 325 g/mol. The lowest BCUT2D eigenvalue weighted by Gasteiger charge is -2.09. The summed E-state index contributed by atoms with van der Waals surface area (Å²) in [4.78, 5) is 0. The zero-order valence-electron chi connectivity index (χ0n) is 9.82. The molecule has 0 bridgehead atoms. The molecular formula is C11H10BrF3N4. The third-order valence-electron chi connectivity index (χ3n) is 2.45. The van der Waals surface area contributed by atoms with Crippen LogP contribution < -0.4 is 5.73 Å². The van der Waals surface area contributed by atoms with Gasteiger partial charge in [-0.2, -0.15) is 13.2 Å². The Morgan fingerprint density at radius 2 is 2.00 bits per heavy atom. The molecule has 4 nitrogen and oxygen atoms in total. The Hall–Kier alpha value is -1.41. The van der Waals surface area contributed by atoms with Crippen molar-refractivity contribution in [3.63, 3.8) is 0 Å². The van der Waals surface area contributed by atoms with E-state index >= 15 is 0 Å². The monoisotopic (exact) mass is 334 g/mol. The van der Waals surface area contributed by atoms with Gasteiger partial charge in [0.2, 0.25) is 0 Å². The number of hydrogen-bond acceptors (Lipinski definition) is 3. The molecule has 0 fully saturated rings. The Morgan fingerprint density at radius 3 is 2.53 bits per heavy atom. The van der Waals surface area contributed by atoms with E-state index in [0.29, 0.717) is 10.2 Å². The number of hydrogen-bond donors (Lipinski definition) is 1. The highest BCUT2D eigenvalue weighted by atomic mass is 79.9. The molecule has 1 aromatic heterocycles. The smallest absolute Gasteiger partial charge is 0.323 e. The molecule has 0 saturated heterocycles. The zero-order valence-corrected chi connectivity index (χ0v) is 11.4. The molecule has 1 heterocycles. The van der Waals surface area contributed by atoms with Gasteiger partial charge in [-0.05, 0) is 25.1 Å². The van der Waals surface area contributed by atoms with Crippen molar-refractivity contribution in [2.24, 2.45) is 5.73 Å². The average Bonchev–Trinajstić information content (AvgIpc) is 2.76. The van der Waals surface area contributed by atoms with E-state index in [1.54, 1.807) is 6.92 Å². The first-order valence-electron chi connectivity index (χ1n) is 5.33. The van der Waals surface area contributed by atoms with Crippen LogP contribution in [0.5, 0.6) is 0 Å². The second-order valence-electron chi connectivity index (χ2n) is 4.07. The second kappa shape index (κ2) is 4.93. The van der Waals surface area contributed by atoms with Crippen molar-refractivity contribution >= 4 is 15.9 Å². The number of alkyl halides is 3. The van der Waals surface area contributed by atoms with Crippen LogP contribution in [-0.4, -0.2) is 15.0 Å². The maximum atomic E-state index is 12.7. The van der Waals surface area contributed by atoms with Crippen molar-refractivity contribution in [2.45, 2.75) is 19.1 Å². The standard InChI is InChI=1S/C11H10BrF3N4/c1-6(16)10-5-19(18-17-10)9-3-7(11(13,14)15)2-8(12)4-9/h2-6H,16H2,1H3. The lowest BCUT2D eigenvalue weighted by Crippen LogP contribution is -2.07. The Labute approximate surface area is 115 Å². The van der Waals surface area contributed by atoms with Gasteiger partial charge in [-0.3, -0.25) is 0 Å². The second-order valence-corrected chi connectivity index (χ2v) is 4.99. The van der Waals surface area contributed by atoms with E-state index in [2.05, 4.69) is 26.2 Å². The molecule has 2 rings (SSSR count). The van der Waals surface area contributed by atoms with E-state index in [9.17, 15) is 13.2 Å². The third kappa shape index (κ3) is 3.13. The Kier molecular flexibility index (Phi) is 3.64. The fraction of sp³-hybridized carbons (Fsp3) is 0.273. The largest absolute Gasteiger partial charge is 0.416 e. The molecule has 2 N–H and O–H groups in total. The first-order chi connectivity index (χ1) is 8.77. The van der Waals surface area contributed by atoms with E-state index in [1.165, 1.54) is 16.9 Å². The molecule has 0 aliphatic heterocycles. The highest BCUT2D eigenvalue weighted by Crippen LogP contribution is 2.32. The molecule has 0 amide bonds. The van der Waals surface area contributed by atoms with Crippen molar-refractivity contribution < 1.29 is 13.2 Å². The van der Waals surface area contributed by atoms with Crippen LogP contribution in [0.2, 0.25) is 0 Å². The molecule has 0 aliphatic rings. The number of nitrogens with zero attached hydrogens (tertiary/aromatic N) is 3. The summed E-state index contributed by atoms with van der Waals surface area (Å²) < 4.78 is 39.7. The summed E-state index contributed by atoms with van der Waals surface area (Å²) >= 11 is 3.05. The summed E-state index contributed by atoms with van der Waals surface area (Å²) in [6.07, 6.45) is -2.91. The summed E-state index contributed by atoms with van der Waals surface area (Å²) in [7, 11) is 0. The van der Waals surface area contributed by atoms with Gasteiger partial charge in [0.1, 0.15) is 0 Å². The van der Waals surface area contributed by atoms with Crippen molar-refractivity contribution in [1.82, 2.24) is 15.0 Å². The Balaban J connectivity index is 2.47. The van der Waals surface area contributed by atoms with Crippen LogP contribution in [0.1, 0.15) is 24.2 Å². The van der Waals surface area contributed by atoms with E-state index in [-0.39, 0.29) is 11.7 Å². The molecule has 1 aromatic carbocycles. The number of aromatic nitrogens is 3. The maximum absolute atomic E-state index is 12.7. The molecule has 0 saturated carbocycles. The fourth-order valence-corrected chi connectivity index (χ4v) is 1.96. The number of nitrogens with two attached hydrogens (primary N) is 1. The van der Waals surface area contributed by atoms with Crippen molar-refractivity contribution in [3.8, 4) is 5.69 Å². The molecule has 0 radical (unpaired) electrons. The predicted octanol–water partition coefficient (Wildman–Crippen LogP) is 3.07. The summed E-state index contributed by atoms with van der Waals surface area (Å²) in [5.74, 6) is 0. The van der Waals surface area contributed by atoms with Gasteiger partial charge in [-0.15, -0.1) is 5.10 Å². The number of rotatable bonds is 2. The first kappa shape index (κ1) is 14.0. The van der Waals surface area contributed by atoms with Crippen molar-refractivity contribution in [2.75, 3.05) is 0 Å². The van der Waals surface area contributed by atoms with Crippen LogP contribution in [0, 0.1) is 0 Å². The van der Waals surface area contributed by atoms with Crippen LogP contribution in [0.25, 0.3) is 5.69 Å². The molecule has 19 heavy (non-hydrogen) atoms. The third-order valence-corrected chi connectivity index (χ3v) is 2.91. The number of benzene rings is 1. The van der Waals surface area contributed by atoms with Gasteiger partial charge in [-0.1, -0.05) is 21.1 Å². The molecule has 1 atom stereocenters. The summed E-state index contributed by atoms with van der Waals surface area (Å²) in [5.41, 5.74) is 5.65. The van der Waals surface area contributed by atoms with E-state index in [0.717, 1.165) is 12.1 Å². The minimum absolute atomic E-state index is 0.265. The Morgan fingerprint density at radius 1 is 1.32 bits per heavy atom. The van der Waals surface area contributed by atoms with Gasteiger partial charge in [0.25, 0.3) is 0 Å². The van der Waals surface area contributed by atoms with E-state index in [4.69, 9.17) is 5.73 Å². The summed E-state index contributed by atoms with van der Waals surface area (Å²) in [5, 5.41) is 7.58. The van der Waals surface area contributed by atoms with Crippen LogP contribution in [-0.2, 0) is 6.18 Å². The van der Waals surface area contributed by atoms with Crippen LogP contribution >= 0.6 is 15.9 Å². The van der Waals surface area contributed by atoms with Crippen LogP contribution in [0.4, 0.5) is 13.2 Å². The zero-order chi connectivity index (χ0) is 14.2. The van der Waals surface area contributed by atoms with Gasteiger partial charge >= 0.3 is 6.18 Å². The number of halogens is 4. The highest BCUT2D eigenvalue weighted by Gasteiger charge is 2.31. The van der Waals surface area contributed by atoms with Crippen LogP contribution in [0.3, 0.4) is 0 Å². The molecule has 102 valence electrons.